The Morgan fingerprint density at radius 1 is 1.12 bits per heavy atom. The van der Waals surface area contributed by atoms with E-state index in [9.17, 15) is 0 Å². The van der Waals surface area contributed by atoms with Gasteiger partial charge in [0.2, 0.25) is 0 Å². The molecule has 2 aliphatic carbocycles. The van der Waals surface area contributed by atoms with E-state index in [2.05, 4.69) is 5.32 Å². The normalized spacial score (nSPS) is 31.1. The minimum Gasteiger partial charge on any atom is -0.490 e. The van der Waals surface area contributed by atoms with Crippen LogP contribution in [-0.4, -0.2) is 37.9 Å². The van der Waals surface area contributed by atoms with Gasteiger partial charge in [-0.2, -0.15) is 0 Å². The second kappa shape index (κ2) is 7.07. The van der Waals surface area contributed by atoms with E-state index in [0.717, 1.165) is 36.6 Å². The number of ether oxygens (including phenoxy) is 3. The highest BCUT2D eigenvalue weighted by Gasteiger charge is 2.66. The number of aliphatic imine (C=N–C) groups is 1. The SMILES string of the molecule is I.NC(=NC1C2CCOC2C12CCC2)Nc1ccc2c(c1)OCCCO2. The molecule has 2 saturated carbocycles. The van der Waals surface area contributed by atoms with Crippen molar-refractivity contribution in [3.63, 3.8) is 0 Å². The summed E-state index contributed by atoms with van der Waals surface area (Å²) < 4.78 is 17.4. The van der Waals surface area contributed by atoms with Crippen molar-refractivity contribution in [1.29, 1.82) is 0 Å². The maximum atomic E-state index is 6.23. The van der Waals surface area contributed by atoms with Gasteiger partial charge < -0.3 is 25.3 Å². The molecular formula is C19H26IN3O3. The molecule has 2 aliphatic heterocycles. The Balaban J connectivity index is 0.00000168. The molecule has 4 aliphatic rings. The lowest BCUT2D eigenvalue weighted by Crippen LogP contribution is -2.65. The Hall–Kier alpha value is -1.22. The fraction of sp³-hybridized carbons (Fsp3) is 0.632. The molecule has 6 nitrogen and oxygen atoms in total. The van der Waals surface area contributed by atoms with E-state index in [4.69, 9.17) is 24.9 Å². The summed E-state index contributed by atoms with van der Waals surface area (Å²) in [6, 6.07) is 6.12. The van der Waals surface area contributed by atoms with Crippen molar-refractivity contribution in [3.8, 4) is 11.5 Å². The van der Waals surface area contributed by atoms with Gasteiger partial charge in [-0.15, -0.1) is 24.0 Å². The topological polar surface area (TPSA) is 78.1 Å². The van der Waals surface area contributed by atoms with Crippen LogP contribution < -0.4 is 20.5 Å². The van der Waals surface area contributed by atoms with E-state index in [1.165, 1.54) is 19.3 Å². The second-order valence-corrected chi connectivity index (χ2v) is 7.63. The summed E-state index contributed by atoms with van der Waals surface area (Å²) in [4.78, 5) is 4.86. The van der Waals surface area contributed by atoms with Gasteiger partial charge in [0.15, 0.2) is 17.5 Å². The molecule has 3 fully saturated rings. The van der Waals surface area contributed by atoms with E-state index < -0.39 is 0 Å². The summed E-state index contributed by atoms with van der Waals surface area (Å²) in [5.41, 5.74) is 7.38. The lowest BCUT2D eigenvalue weighted by Gasteiger charge is -2.61. The molecule has 1 spiro atoms. The molecule has 3 atom stereocenters. The van der Waals surface area contributed by atoms with Crippen LogP contribution in [0.25, 0.3) is 0 Å². The van der Waals surface area contributed by atoms with Crippen LogP contribution in [0.2, 0.25) is 0 Å². The maximum absolute atomic E-state index is 6.23. The number of hydrogen-bond donors (Lipinski definition) is 2. The van der Waals surface area contributed by atoms with Crippen molar-refractivity contribution < 1.29 is 14.2 Å². The Bertz CT molecular complexity index is 707. The van der Waals surface area contributed by atoms with E-state index in [-0.39, 0.29) is 29.4 Å². The molecule has 5 rings (SSSR count). The van der Waals surface area contributed by atoms with Crippen LogP contribution in [0.1, 0.15) is 32.1 Å². The first-order chi connectivity index (χ1) is 12.3. The van der Waals surface area contributed by atoms with Crippen molar-refractivity contribution in [3.05, 3.63) is 18.2 Å². The number of nitrogens with zero attached hydrogens (tertiary/aromatic N) is 1. The van der Waals surface area contributed by atoms with Crippen molar-refractivity contribution in [2.75, 3.05) is 25.1 Å². The van der Waals surface area contributed by atoms with Crippen molar-refractivity contribution >= 4 is 35.6 Å². The van der Waals surface area contributed by atoms with Gasteiger partial charge in [-0.1, -0.05) is 6.42 Å². The highest BCUT2D eigenvalue weighted by Crippen LogP contribution is 2.64. The standard InChI is InChI=1S/C19H25N3O3.HI/c20-18(21-12-3-4-14-15(11-12)24-9-2-8-23-14)22-16-13-5-10-25-17(13)19(16)6-1-7-19;/h3-4,11,13,16-17H,1-2,5-10H2,(H3,20,21,22);1H. The Labute approximate surface area is 170 Å². The second-order valence-electron chi connectivity index (χ2n) is 7.63. The van der Waals surface area contributed by atoms with Gasteiger partial charge >= 0.3 is 0 Å². The lowest BCUT2D eigenvalue weighted by molar-refractivity contribution is -0.164. The Kier molecular flexibility index (Phi) is 4.94. The van der Waals surface area contributed by atoms with E-state index in [1.54, 1.807) is 0 Å². The maximum Gasteiger partial charge on any atom is 0.193 e. The number of nitrogens with one attached hydrogen (secondary N) is 1. The average molecular weight is 471 g/mol. The van der Waals surface area contributed by atoms with Gasteiger partial charge in [-0.3, -0.25) is 0 Å². The first-order valence-electron chi connectivity index (χ1n) is 9.38. The number of halogens is 1. The van der Waals surface area contributed by atoms with Gasteiger partial charge in [0.1, 0.15) is 0 Å². The molecule has 3 N–H and O–H groups in total. The molecule has 142 valence electrons. The zero-order valence-electron chi connectivity index (χ0n) is 14.8. The van der Waals surface area contributed by atoms with Gasteiger partial charge in [0.25, 0.3) is 0 Å². The highest BCUT2D eigenvalue weighted by atomic mass is 127. The fourth-order valence-electron chi connectivity index (χ4n) is 4.96. The predicted molar refractivity (Wildman–Crippen MR) is 111 cm³/mol. The third-order valence-electron chi connectivity index (χ3n) is 6.28. The molecule has 26 heavy (non-hydrogen) atoms. The smallest absolute Gasteiger partial charge is 0.193 e. The van der Waals surface area contributed by atoms with E-state index >= 15 is 0 Å². The summed E-state index contributed by atoms with van der Waals surface area (Å²) in [6.07, 6.45) is 6.15. The summed E-state index contributed by atoms with van der Waals surface area (Å²) in [6.45, 7) is 2.24. The minimum absolute atomic E-state index is 0. The number of guanidine groups is 1. The molecule has 7 heteroatoms. The van der Waals surface area contributed by atoms with Gasteiger partial charge in [-0.05, 0) is 31.4 Å². The molecule has 0 aromatic heterocycles. The Morgan fingerprint density at radius 3 is 2.69 bits per heavy atom. The molecule has 0 bridgehead atoms. The number of rotatable bonds is 2. The van der Waals surface area contributed by atoms with E-state index in [0.29, 0.717) is 37.2 Å². The summed E-state index contributed by atoms with van der Waals surface area (Å²) in [5.74, 6) is 2.58. The zero-order valence-corrected chi connectivity index (χ0v) is 17.1. The number of anilines is 1. The number of benzene rings is 1. The lowest BCUT2D eigenvalue weighted by atomic mass is 9.46. The summed E-state index contributed by atoms with van der Waals surface area (Å²) in [7, 11) is 0. The molecule has 0 amide bonds. The zero-order chi connectivity index (χ0) is 16.9. The van der Waals surface area contributed by atoms with Crippen LogP contribution in [-0.2, 0) is 4.74 Å². The molecule has 1 aromatic rings. The molecular weight excluding hydrogens is 445 g/mol. The van der Waals surface area contributed by atoms with Crippen molar-refractivity contribution in [1.82, 2.24) is 0 Å². The number of fused-ring (bicyclic) bond motifs is 3. The van der Waals surface area contributed by atoms with Crippen LogP contribution in [0.3, 0.4) is 0 Å². The number of nitrogens with two attached hydrogens (primary N) is 1. The van der Waals surface area contributed by atoms with Crippen LogP contribution in [0.5, 0.6) is 11.5 Å². The van der Waals surface area contributed by atoms with Gasteiger partial charge in [0, 0.05) is 36.1 Å². The van der Waals surface area contributed by atoms with Crippen LogP contribution in [0, 0.1) is 11.3 Å². The largest absolute Gasteiger partial charge is 0.490 e. The van der Waals surface area contributed by atoms with Crippen LogP contribution in [0.15, 0.2) is 23.2 Å². The average Bonchev–Trinajstić information content (AvgIpc) is 2.83. The van der Waals surface area contributed by atoms with Crippen molar-refractivity contribution in [2.24, 2.45) is 22.1 Å². The Morgan fingerprint density at radius 2 is 1.92 bits per heavy atom. The van der Waals surface area contributed by atoms with Crippen LogP contribution >= 0.6 is 24.0 Å². The predicted octanol–water partition coefficient (Wildman–Crippen LogP) is 3.15. The molecule has 1 aromatic carbocycles. The third kappa shape index (κ3) is 2.83. The summed E-state index contributed by atoms with van der Waals surface area (Å²) >= 11 is 0. The van der Waals surface area contributed by atoms with Crippen molar-refractivity contribution in [2.45, 2.75) is 44.2 Å². The van der Waals surface area contributed by atoms with Gasteiger partial charge in [-0.25, -0.2) is 4.99 Å². The molecule has 3 unspecified atom stereocenters. The fourth-order valence-corrected chi connectivity index (χ4v) is 4.96. The monoisotopic (exact) mass is 471 g/mol. The number of hydrogen-bond acceptors (Lipinski definition) is 4. The highest BCUT2D eigenvalue weighted by molar-refractivity contribution is 14.0. The first-order valence-corrected chi connectivity index (χ1v) is 9.38. The summed E-state index contributed by atoms with van der Waals surface area (Å²) in [5, 5.41) is 3.23. The minimum atomic E-state index is 0. The van der Waals surface area contributed by atoms with Gasteiger partial charge in [0.05, 0.1) is 25.4 Å². The van der Waals surface area contributed by atoms with Crippen LogP contribution in [0.4, 0.5) is 5.69 Å². The first kappa shape index (κ1) is 18.2. The third-order valence-corrected chi connectivity index (χ3v) is 6.28. The molecule has 0 radical (unpaired) electrons. The quantitative estimate of drug-likeness (QED) is 0.394. The molecule has 1 saturated heterocycles. The van der Waals surface area contributed by atoms with E-state index in [1.807, 2.05) is 18.2 Å². The molecule has 2 heterocycles.